The van der Waals surface area contributed by atoms with E-state index in [2.05, 4.69) is 14.9 Å². The molecule has 0 saturated heterocycles. The second kappa shape index (κ2) is 6.47. The number of nitrogens with one attached hydrogen (secondary N) is 2. The number of hydrogen-bond acceptors (Lipinski definition) is 3. The van der Waals surface area contributed by atoms with Gasteiger partial charge in [-0.15, -0.1) is 0 Å². The molecule has 3 aromatic rings. The summed E-state index contributed by atoms with van der Waals surface area (Å²) in [7, 11) is -3.97. The third-order valence-corrected chi connectivity index (χ3v) is 5.55. The van der Waals surface area contributed by atoms with E-state index < -0.39 is 10.0 Å². The molecule has 0 atom stereocenters. The summed E-state index contributed by atoms with van der Waals surface area (Å²) in [6.45, 7) is 1.77. The fourth-order valence-electron chi connectivity index (χ4n) is 2.36. The van der Waals surface area contributed by atoms with Crippen LogP contribution >= 0.6 is 23.2 Å². The molecule has 0 unspecified atom stereocenters. The molecule has 0 bridgehead atoms. The molecule has 0 aliphatic heterocycles. The lowest BCUT2D eigenvalue weighted by molar-refractivity contribution is 0.585. The highest BCUT2D eigenvalue weighted by Gasteiger charge is 2.21. The molecule has 0 aliphatic carbocycles. The van der Waals surface area contributed by atoms with Crippen molar-refractivity contribution < 1.29 is 8.42 Å². The van der Waals surface area contributed by atoms with Gasteiger partial charge in [-0.25, -0.2) is 0 Å². The molecule has 0 saturated carbocycles. The number of benzene rings is 2. The number of aromatic nitrogens is 1. The van der Waals surface area contributed by atoms with Crippen LogP contribution in [-0.2, 0) is 10.0 Å². The van der Waals surface area contributed by atoms with Gasteiger partial charge < -0.3 is 4.98 Å². The summed E-state index contributed by atoms with van der Waals surface area (Å²) in [5, 5.41) is 4.85. The second-order valence-electron chi connectivity index (χ2n) is 5.20. The molecule has 2 aromatic carbocycles. The molecule has 0 radical (unpaired) electrons. The predicted octanol–water partition coefficient (Wildman–Crippen LogP) is 4.10. The Morgan fingerprint density at radius 1 is 1.17 bits per heavy atom. The Morgan fingerprint density at radius 3 is 2.54 bits per heavy atom. The van der Waals surface area contributed by atoms with Crippen molar-refractivity contribution in [3.8, 4) is 0 Å². The number of rotatable bonds is 4. The number of para-hydroxylation sites is 1. The lowest BCUT2D eigenvalue weighted by Gasteiger charge is -2.08. The first-order valence-electron chi connectivity index (χ1n) is 6.95. The van der Waals surface area contributed by atoms with Gasteiger partial charge in [0.05, 0.1) is 16.3 Å². The Balaban J connectivity index is 1.88. The maximum atomic E-state index is 12.4. The van der Waals surface area contributed by atoms with Gasteiger partial charge in [0.25, 0.3) is 10.0 Å². The van der Waals surface area contributed by atoms with Gasteiger partial charge in [-0.2, -0.15) is 18.4 Å². The highest BCUT2D eigenvalue weighted by atomic mass is 35.5. The Labute approximate surface area is 149 Å². The summed E-state index contributed by atoms with van der Waals surface area (Å²) in [4.78, 5) is 5.03. The molecular weight excluding hydrogens is 369 g/mol. The van der Waals surface area contributed by atoms with Crippen LogP contribution in [0.1, 0.15) is 11.1 Å². The highest BCUT2D eigenvalue weighted by molar-refractivity contribution is 7.89. The number of aromatic amines is 1. The van der Waals surface area contributed by atoms with E-state index in [1.807, 2.05) is 24.3 Å². The van der Waals surface area contributed by atoms with Crippen molar-refractivity contribution in [3.63, 3.8) is 0 Å². The first-order valence-corrected chi connectivity index (χ1v) is 9.19. The van der Waals surface area contributed by atoms with E-state index in [1.54, 1.807) is 13.1 Å². The first-order chi connectivity index (χ1) is 11.4. The third kappa shape index (κ3) is 3.26. The van der Waals surface area contributed by atoms with Crippen LogP contribution in [0.5, 0.6) is 0 Å². The standard InChI is InChI=1S/C16H13Cl2N3O2S/c1-10-6-13(17)16(14(18)7-10)24(22,23)21-20-9-11-8-19-15-5-3-2-4-12(11)15/h2-9,19,21H,1H3/b20-9+. The number of nitrogens with zero attached hydrogens (tertiary/aromatic N) is 1. The van der Waals surface area contributed by atoms with Gasteiger partial charge in [0, 0.05) is 22.7 Å². The van der Waals surface area contributed by atoms with Gasteiger partial charge in [0.2, 0.25) is 0 Å². The fraction of sp³-hybridized carbons (Fsp3) is 0.0625. The maximum Gasteiger partial charge on any atom is 0.279 e. The van der Waals surface area contributed by atoms with Crippen LogP contribution in [-0.4, -0.2) is 19.6 Å². The Morgan fingerprint density at radius 2 is 1.83 bits per heavy atom. The molecular formula is C16H13Cl2N3O2S. The molecule has 1 heterocycles. The highest BCUT2D eigenvalue weighted by Crippen LogP contribution is 2.30. The van der Waals surface area contributed by atoms with Crippen LogP contribution in [0.3, 0.4) is 0 Å². The largest absolute Gasteiger partial charge is 0.361 e. The number of sulfonamides is 1. The van der Waals surface area contributed by atoms with Gasteiger partial charge in [-0.05, 0) is 30.7 Å². The van der Waals surface area contributed by atoms with Crippen molar-refractivity contribution >= 4 is 50.3 Å². The van der Waals surface area contributed by atoms with Gasteiger partial charge >= 0.3 is 0 Å². The molecule has 2 N–H and O–H groups in total. The van der Waals surface area contributed by atoms with Crippen molar-refractivity contribution in [2.75, 3.05) is 0 Å². The van der Waals surface area contributed by atoms with Crippen molar-refractivity contribution in [2.24, 2.45) is 5.10 Å². The molecule has 8 heteroatoms. The summed E-state index contributed by atoms with van der Waals surface area (Å²) in [5.41, 5.74) is 2.46. The summed E-state index contributed by atoms with van der Waals surface area (Å²) in [6, 6.07) is 10.7. The van der Waals surface area contributed by atoms with Crippen molar-refractivity contribution in [1.82, 2.24) is 9.82 Å². The predicted molar refractivity (Wildman–Crippen MR) is 97.4 cm³/mol. The average molecular weight is 382 g/mol. The second-order valence-corrected chi connectivity index (χ2v) is 7.61. The van der Waals surface area contributed by atoms with Gasteiger partial charge in [0.1, 0.15) is 4.90 Å². The van der Waals surface area contributed by atoms with Crippen molar-refractivity contribution in [2.45, 2.75) is 11.8 Å². The molecule has 5 nitrogen and oxygen atoms in total. The Bertz CT molecular complexity index is 1020. The van der Waals surface area contributed by atoms with E-state index in [0.29, 0.717) is 0 Å². The van der Waals surface area contributed by atoms with E-state index in [4.69, 9.17) is 23.2 Å². The molecule has 0 amide bonds. The lowest BCUT2D eigenvalue weighted by Crippen LogP contribution is -2.19. The van der Waals surface area contributed by atoms with E-state index in [-0.39, 0.29) is 14.9 Å². The van der Waals surface area contributed by atoms with Crippen LogP contribution in [0.15, 0.2) is 52.6 Å². The Hall–Kier alpha value is -2.02. The number of fused-ring (bicyclic) bond motifs is 1. The minimum Gasteiger partial charge on any atom is -0.361 e. The normalized spacial score (nSPS) is 12.1. The summed E-state index contributed by atoms with van der Waals surface area (Å²) in [5.74, 6) is 0. The van der Waals surface area contributed by atoms with Gasteiger partial charge in [-0.1, -0.05) is 41.4 Å². The molecule has 124 valence electrons. The summed E-state index contributed by atoms with van der Waals surface area (Å²) >= 11 is 12.0. The van der Waals surface area contributed by atoms with E-state index in [9.17, 15) is 8.42 Å². The number of halogens is 2. The molecule has 0 aliphatic rings. The van der Waals surface area contributed by atoms with E-state index >= 15 is 0 Å². The zero-order valence-electron chi connectivity index (χ0n) is 12.5. The molecule has 0 fully saturated rings. The van der Waals surface area contributed by atoms with E-state index in [0.717, 1.165) is 22.0 Å². The monoisotopic (exact) mass is 381 g/mol. The number of H-pyrrole nitrogens is 1. The maximum absolute atomic E-state index is 12.4. The third-order valence-electron chi connectivity index (χ3n) is 3.41. The number of hydrazone groups is 1. The summed E-state index contributed by atoms with van der Waals surface area (Å²) in [6.07, 6.45) is 3.17. The lowest BCUT2D eigenvalue weighted by atomic mass is 10.2. The number of hydrogen-bond donors (Lipinski definition) is 2. The first kappa shape index (κ1) is 16.8. The Kier molecular flexibility index (Phi) is 4.54. The smallest absolute Gasteiger partial charge is 0.279 e. The SMILES string of the molecule is Cc1cc(Cl)c(S(=O)(=O)N/N=C/c2c[nH]c3ccccc23)c(Cl)c1. The fourth-order valence-corrected chi connectivity index (χ4v) is 4.47. The van der Waals surface area contributed by atoms with Crippen LogP contribution in [0.2, 0.25) is 10.0 Å². The molecule has 0 spiro atoms. The minimum atomic E-state index is -3.97. The average Bonchev–Trinajstić information content (AvgIpc) is 2.89. The van der Waals surface area contributed by atoms with Crippen LogP contribution in [0, 0.1) is 6.92 Å². The topological polar surface area (TPSA) is 74.3 Å². The van der Waals surface area contributed by atoms with Gasteiger partial charge in [-0.3, -0.25) is 0 Å². The summed E-state index contributed by atoms with van der Waals surface area (Å²) < 4.78 is 24.8. The minimum absolute atomic E-state index is 0.0507. The van der Waals surface area contributed by atoms with Crippen molar-refractivity contribution in [1.29, 1.82) is 0 Å². The zero-order valence-corrected chi connectivity index (χ0v) is 14.9. The van der Waals surface area contributed by atoms with Crippen LogP contribution < -0.4 is 4.83 Å². The quantitative estimate of drug-likeness (QED) is 0.527. The van der Waals surface area contributed by atoms with Crippen LogP contribution in [0.25, 0.3) is 10.9 Å². The zero-order chi connectivity index (χ0) is 17.3. The number of aryl methyl sites for hydroxylation is 1. The molecule has 3 rings (SSSR count). The van der Waals surface area contributed by atoms with E-state index in [1.165, 1.54) is 18.3 Å². The van der Waals surface area contributed by atoms with Crippen molar-refractivity contribution in [3.05, 3.63) is 63.8 Å². The van der Waals surface area contributed by atoms with Gasteiger partial charge in [0.15, 0.2) is 0 Å². The molecule has 1 aromatic heterocycles. The molecule has 24 heavy (non-hydrogen) atoms. The van der Waals surface area contributed by atoms with Crippen LogP contribution in [0.4, 0.5) is 0 Å².